The lowest BCUT2D eigenvalue weighted by Gasteiger charge is -2.14. The van der Waals surface area contributed by atoms with Crippen LogP contribution in [0.15, 0.2) is 12.2 Å². The summed E-state index contributed by atoms with van der Waals surface area (Å²) in [5, 5.41) is 0. The Bertz CT molecular complexity index is 225. The molecule has 114 valence electrons. The van der Waals surface area contributed by atoms with Crippen LogP contribution in [0, 0.1) is 0 Å². The van der Waals surface area contributed by atoms with Crippen LogP contribution >= 0.6 is 0 Å². The molecule has 0 rings (SSSR count). The molecule has 0 radical (unpaired) electrons. The lowest BCUT2D eigenvalue weighted by Crippen LogP contribution is -2.25. The normalized spacial score (nSPS) is 11.2. The van der Waals surface area contributed by atoms with Crippen LogP contribution in [0.2, 0.25) is 0 Å². The zero-order valence-corrected chi connectivity index (χ0v) is 12.6. The Balaban J connectivity index is 0. The Morgan fingerprint density at radius 2 is 1.53 bits per heavy atom. The number of hydrogen-bond donors (Lipinski definition) is 0. The number of hydrogen-bond acceptors (Lipinski definition) is 6. The lowest BCUT2D eigenvalue weighted by atomic mass is 10.3. The third kappa shape index (κ3) is 15.0. The summed E-state index contributed by atoms with van der Waals surface area (Å²) in [4.78, 5) is 10.9. The van der Waals surface area contributed by atoms with Crippen LogP contribution in [0.1, 0.15) is 6.92 Å². The molecule has 0 heterocycles. The van der Waals surface area contributed by atoms with Gasteiger partial charge in [-0.25, -0.2) is 4.79 Å². The molecule has 6 nitrogen and oxygen atoms in total. The van der Waals surface area contributed by atoms with Gasteiger partial charge in [0.15, 0.2) is 0 Å². The third-order valence-electron chi connectivity index (χ3n) is 1.93. The van der Waals surface area contributed by atoms with E-state index in [-0.39, 0.29) is 12.7 Å². The number of methoxy groups -OCH3 is 4. The highest BCUT2D eigenvalue weighted by atomic mass is 16.6. The number of esters is 1. The maximum absolute atomic E-state index is 10.9. The van der Waals surface area contributed by atoms with Gasteiger partial charge in [-0.1, -0.05) is 6.58 Å². The predicted octanol–water partition coefficient (Wildman–Crippen LogP) is 1.05. The summed E-state index contributed by atoms with van der Waals surface area (Å²) in [7, 11) is 6.41. The summed E-state index contributed by atoms with van der Waals surface area (Å²) in [6, 6.07) is 0. The average molecular weight is 278 g/mol. The zero-order valence-electron chi connectivity index (χ0n) is 12.6. The maximum Gasteiger partial charge on any atom is 0.333 e. The van der Waals surface area contributed by atoms with E-state index in [1.165, 1.54) is 7.11 Å². The first-order valence-electron chi connectivity index (χ1n) is 5.85. The van der Waals surface area contributed by atoms with Crippen molar-refractivity contribution in [3.8, 4) is 0 Å². The van der Waals surface area contributed by atoms with E-state index in [1.807, 2.05) is 0 Å². The first-order valence-corrected chi connectivity index (χ1v) is 5.85. The van der Waals surface area contributed by atoms with E-state index in [1.54, 1.807) is 28.3 Å². The van der Waals surface area contributed by atoms with Crippen molar-refractivity contribution in [3.63, 3.8) is 0 Å². The number of carbonyl (C=O) groups is 1. The minimum atomic E-state index is -0.404. The Morgan fingerprint density at radius 1 is 1.00 bits per heavy atom. The number of ether oxygens (including phenoxy) is 5. The fourth-order valence-corrected chi connectivity index (χ4v) is 0.829. The monoisotopic (exact) mass is 278 g/mol. The highest BCUT2D eigenvalue weighted by Crippen LogP contribution is 1.97. The fraction of sp³-hybridized carbons (Fsp3) is 0.769. The van der Waals surface area contributed by atoms with Crippen molar-refractivity contribution in [2.75, 3.05) is 54.9 Å². The van der Waals surface area contributed by atoms with E-state index in [0.29, 0.717) is 25.4 Å². The quantitative estimate of drug-likeness (QED) is 0.357. The molecule has 1 atom stereocenters. The molecule has 0 aromatic rings. The molecular weight excluding hydrogens is 252 g/mol. The van der Waals surface area contributed by atoms with Gasteiger partial charge in [-0.15, -0.1) is 0 Å². The van der Waals surface area contributed by atoms with Crippen LogP contribution in [0.5, 0.6) is 0 Å². The van der Waals surface area contributed by atoms with Crippen molar-refractivity contribution in [1.29, 1.82) is 0 Å². The molecule has 0 fully saturated rings. The topological polar surface area (TPSA) is 63.2 Å². The Labute approximate surface area is 115 Å². The van der Waals surface area contributed by atoms with Gasteiger partial charge in [-0.05, 0) is 6.92 Å². The maximum atomic E-state index is 10.9. The predicted molar refractivity (Wildman–Crippen MR) is 72.2 cm³/mol. The van der Waals surface area contributed by atoms with Gasteiger partial charge < -0.3 is 23.7 Å². The van der Waals surface area contributed by atoms with Crippen molar-refractivity contribution in [3.05, 3.63) is 12.2 Å². The first-order chi connectivity index (χ1) is 9.03. The van der Waals surface area contributed by atoms with Crippen LogP contribution in [0.4, 0.5) is 0 Å². The molecule has 0 aliphatic carbocycles. The lowest BCUT2D eigenvalue weighted by molar-refractivity contribution is -0.143. The zero-order chi connectivity index (χ0) is 15.1. The highest BCUT2D eigenvalue weighted by Gasteiger charge is 2.10. The van der Waals surface area contributed by atoms with E-state index in [0.717, 1.165) is 0 Å². The second kappa shape index (κ2) is 15.1. The molecule has 0 aliphatic heterocycles. The van der Waals surface area contributed by atoms with E-state index in [4.69, 9.17) is 14.2 Å². The highest BCUT2D eigenvalue weighted by molar-refractivity contribution is 5.86. The smallest absolute Gasteiger partial charge is 0.333 e. The van der Waals surface area contributed by atoms with E-state index < -0.39 is 5.97 Å². The second-order valence-corrected chi connectivity index (χ2v) is 3.68. The summed E-state index contributed by atoms with van der Waals surface area (Å²) >= 11 is 0. The molecule has 0 N–H and O–H groups in total. The standard InChI is InChI=1S/C9H16O4.C4H10O2/c1-7(2)9(10)13-6-8(12-4)5-11-3;1-5-3-4-6-2/h8H,1,5-6H2,2-4H3;3-4H2,1-2H3. The van der Waals surface area contributed by atoms with Crippen LogP contribution in [-0.4, -0.2) is 66.9 Å². The van der Waals surface area contributed by atoms with Crippen molar-refractivity contribution >= 4 is 5.97 Å². The number of carbonyl (C=O) groups excluding carboxylic acids is 1. The molecule has 0 aliphatic rings. The molecule has 0 bridgehead atoms. The molecule has 6 heteroatoms. The van der Waals surface area contributed by atoms with Gasteiger partial charge in [0.25, 0.3) is 0 Å². The van der Waals surface area contributed by atoms with E-state index in [9.17, 15) is 4.79 Å². The van der Waals surface area contributed by atoms with Crippen molar-refractivity contribution in [2.45, 2.75) is 13.0 Å². The molecule has 1 unspecified atom stereocenters. The van der Waals surface area contributed by atoms with Crippen LogP contribution in [0.25, 0.3) is 0 Å². The average Bonchev–Trinajstić information content (AvgIpc) is 2.41. The number of rotatable bonds is 9. The van der Waals surface area contributed by atoms with Gasteiger partial charge in [0.05, 0.1) is 19.8 Å². The molecule has 0 spiro atoms. The van der Waals surface area contributed by atoms with Crippen LogP contribution in [-0.2, 0) is 28.5 Å². The van der Waals surface area contributed by atoms with Crippen LogP contribution in [0.3, 0.4) is 0 Å². The Morgan fingerprint density at radius 3 is 1.84 bits per heavy atom. The van der Waals surface area contributed by atoms with Gasteiger partial charge in [0.1, 0.15) is 12.7 Å². The molecule has 0 aromatic carbocycles. The largest absolute Gasteiger partial charge is 0.459 e. The molecule has 0 amide bonds. The summed E-state index contributed by atoms with van der Waals surface area (Å²) in [5.41, 5.74) is 0.382. The molecule has 0 aromatic heterocycles. The summed E-state index contributed by atoms with van der Waals surface area (Å²) in [6.07, 6.45) is -0.215. The van der Waals surface area contributed by atoms with E-state index in [2.05, 4.69) is 16.1 Å². The molecular formula is C13H26O6. The van der Waals surface area contributed by atoms with Gasteiger partial charge >= 0.3 is 5.97 Å². The Kier molecular flexibility index (Phi) is 16.2. The van der Waals surface area contributed by atoms with Crippen LogP contribution < -0.4 is 0 Å². The molecule has 19 heavy (non-hydrogen) atoms. The minimum absolute atomic E-state index is 0.191. The summed E-state index contributed by atoms with van der Waals surface area (Å²) in [5.74, 6) is -0.404. The fourth-order valence-electron chi connectivity index (χ4n) is 0.829. The molecule has 0 saturated carbocycles. The third-order valence-corrected chi connectivity index (χ3v) is 1.93. The summed E-state index contributed by atoms with van der Waals surface area (Å²) in [6.45, 7) is 7.03. The summed E-state index contributed by atoms with van der Waals surface area (Å²) < 4.78 is 24.0. The van der Waals surface area contributed by atoms with Crippen molar-refractivity contribution in [2.24, 2.45) is 0 Å². The van der Waals surface area contributed by atoms with E-state index >= 15 is 0 Å². The van der Waals surface area contributed by atoms with Gasteiger partial charge in [-0.2, -0.15) is 0 Å². The van der Waals surface area contributed by atoms with Crippen molar-refractivity contribution < 1.29 is 28.5 Å². The minimum Gasteiger partial charge on any atom is -0.459 e. The van der Waals surface area contributed by atoms with Crippen molar-refractivity contribution in [1.82, 2.24) is 0 Å². The second-order valence-electron chi connectivity index (χ2n) is 3.68. The SMILES string of the molecule is C=C(C)C(=O)OCC(COC)OC.COCCOC. The molecule has 0 saturated heterocycles. The van der Waals surface area contributed by atoms with Gasteiger partial charge in [0, 0.05) is 34.0 Å². The van der Waals surface area contributed by atoms with Gasteiger partial charge in [0.2, 0.25) is 0 Å². The van der Waals surface area contributed by atoms with Gasteiger partial charge in [-0.3, -0.25) is 0 Å². The first kappa shape index (κ1) is 20.4. The Hall–Kier alpha value is -0.950.